The Labute approximate surface area is 154 Å². The minimum absolute atomic E-state index is 0.225. The van der Waals surface area contributed by atoms with E-state index >= 15 is 0 Å². The van der Waals surface area contributed by atoms with E-state index in [2.05, 4.69) is 26.2 Å². The summed E-state index contributed by atoms with van der Waals surface area (Å²) >= 11 is 3.37. The Kier molecular flexibility index (Phi) is 7.40. The van der Waals surface area contributed by atoms with Gasteiger partial charge in [0.1, 0.15) is 11.3 Å². The second-order valence-electron chi connectivity index (χ2n) is 5.08. The Balaban J connectivity index is 1.95. The number of rotatable bonds is 8. The molecular formula is C18H19BrN2O4. The van der Waals surface area contributed by atoms with Crippen molar-refractivity contribution in [2.45, 2.75) is 19.8 Å². The van der Waals surface area contributed by atoms with E-state index < -0.39 is 0 Å². The summed E-state index contributed by atoms with van der Waals surface area (Å²) in [7, 11) is 0. The highest BCUT2D eigenvalue weighted by Gasteiger charge is 2.14. The lowest BCUT2D eigenvalue weighted by atomic mass is 10.2. The third-order valence-electron chi connectivity index (χ3n) is 3.17. The summed E-state index contributed by atoms with van der Waals surface area (Å²) < 4.78 is 11.4. The van der Waals surface area contributed by atoms with Crippen LogP contribution < -0.4 is 10.1 Å². The number of nitrogens with zero attached hydrogens (tertiary/aromatic N) is 1. The molecule has 1 heterocycles. The highest BCUT2D eigenvalue weighted by molar-refractivity contribution is 9.10. The minimum atomic E-state index is -0.304. The molecule has 0 saturated heterocycles. The van der Waals surface area contributed by atoms with E-state index in [0.29, 0.717) is 30.9 Å². The summed E-state index contributed by atoms with van der Waals surface area (Å²) in [4.78, 5) is 27.7. The molecule has 6 nitrogen and oxygen atoms in total. The zero-order valence-corrected chi connectivity index (χ0v) is 15.4. The van der Waals surface area contributed by atoms with Crippen LogP contribution in [0.1, 0.15) is 30.1 Å². The zero-order chi connectivity index (χ0) is 18.1. The zero-order valence-electron chi connectivity index (χ0n) is 13.8. The van der Waals surface area contributed by atoms with Crippen molar-refractivity contribution in [2.75, 3.05) is 13.2 Å². The van der Waals surface area contributed by atoms with Crippen LogP contribution in [-0.4, -0.2) is 30.0 Å². The van der Waals surface area contributed by atoms with Gasteiger partial charge in [0.15, 0.2) is 0 Å². The van der Waals surface area contributed by atoms with E-state index in [1.807, 2.05) is 12.1 Å². The Morgan fingerprint density at radius 2 is 2.08 bits per heavy atom. The number of carbonyl (C=O) groups excluding carboxylic acids is 2. The topological polar surface area (TPSA) is 77.5 Å². The molecule has 1 amide bonds. The normalized spacial score (nSPS) is 10.2. The monoisotopic (exact) mass is 406 g/mol. The Bertz CT molecular complexity index is 737. The maximum Gasteiger partial charge on any atom is 0.305 e. The van der Waals surface area contributed by atoms with Crippen molar-refractivity contribution in [3.05, 3.63) is 52.6 Å². The van der Waals surface area contributed by atoms with Gasteiger partial charge in [0.05, 0.1) is 6.61 Å². The van der Waals surface area contributed by atoms with Gasteiger partial charge in [-0.05, 0) is 43.7 Å². The maximum atomic E-state index is 12.3. The van der Waals surface area contributed by atoms with Crippen LogP contribution in [0.4, 0.5) is 0 Å². The molecule has 2 aromatic rings. The first kappa shape index (κ1) is 18.9. The van der Waals surface area contributed by atoms with Crippen LogP contribution in [0.25, 0.3) is 0 Å². The van der Waals surface area contributed by atoms with Crippen LogP contribution in [0.5, 0.6) is 11.6 Å². The van der Waals surface area contributed by atoms with Crippen molar-refractivity contribution in [1.82, 2.24) is 10.3 Å². The molecule has 0 unspecified atom stereocenters. The second-order valence-corrected chi connectivity index (χ2v) is 6.00. The smallest absolute Gasteiger partial charge is 0.305 e. The number of nitrogens with one attached hydrogen (secondary N) is 1. The lowest BCUT2D eigenvalue weighted by Crippen LogP contribution is -2.25. The lowest BCUT2D eigenvalue weighted by Gasteiger charge is -2.10. The lowest BCUT2D eigenvalue weighted by molar-refractivity contribution is -0.143. The standard InChI is InChI=1S/C18H19BrN2O4/c1-2-24-16(22)9-5-10-20-17(23)15-8-4-11-21-18(15)25-14-7-3-6-13(19)12-14/h3-4,6-8,11-12H,2,5,9-10H2,1H3,(H,20,23). The first-order valence-corrected chi connectivity index (χ1v) is 8.71. The first-order chi connectivity index (χ1) is 12.1. The average molecular weight is 407 g/mol. The molecule has 1 aromatic heterocycles. The van der Waals surface area contributed by atoms with Crippen molar-refractivity contribution >= 4 is 27.8 Å². The van der Waals surface area contributed by atoms with Crippen molar-refractivity contribution in [1.29, 1.82) is 0 Å². The van der Waals surface area contributed by atoms with E-state index in [4.69, 9.17) is 9.47 Å². The summed E-state index contributed by atoms with van der Waals surface area (Å²) in [5.41, 5.74) is 0.332. The molecule has 0 aliphatic carbocycles. The summed E-state index contributed by atoms with van der Waals surface area (Å²) in [6.07, 6.45) is 2.33. The van der Waals surface area contributed by atoms with Crippen molar-refractivity contribution in [3.63, 3.8) is 0 Å². The molecule has 0 fully saturated rings. The number of amides is 1. The maximum absolute atomic E-state index is 12.3. The van der Waals surface area contributed by atoms with Crippen molar-refractivity contribution in [2.24, 2.45) is 0 Å². The molecule has 0 radical (unpaired) electrons. The van der Waals surface area contributed by atoms with Crippen LogP contribution in [0.3, 0.4) is 0 Å². The highest BCUT2D eigenvalue weighted by Crippen LogP contribution is 2.25. The SMILES string of the molecule is CCOC(=O)CCCNC(=O)c1cccnc1Oc1cccc(Br)c1. The van der Waals surface area contributed by atoms with Gasteiger partial charge in [-0.1, -0.05) is 22.0 Å². The van der Waals surface area contributed by atoms with Gasteiger partial charge in [-0.2, -0.15) is 0 Å². The van der Waals surface area contributed by atoms with Crippen LogP contribution in [0, 0.1) is 0 Å². The van der Waals surface area contributed by atoms with E-state index in [1.165, 1.54) is 0 Å². The van der Waals surface area contributed by atoms with Gasteiger partial charge in [-0.15, -0.1) is 0 Å². The predicted octanol–water partition coefficient (Wildman–Crippen LogP) is 3.71. The molecule has 0 saturated carbocycles. The molecule has 0 bridgehead atoms. The summed E-state index contributed by atoms with van der Waals surface area (Å²) in [6.45, 7) is 2.48. The van der Waals surface area contributed by atoms with Gasteiger partial charge in [0.25, 0.3) is 5.91 Å². The fourth-order valence-corrected chi connectivity index (χ4v) is 2.43. The summed E-state index contributed by atoms with van der Waals surface area (Å²) in [5.74, 6) is 0.228. The highest BCUT2D eigenvalue weighted by atomic mass is 79.9. The second kappa shape index (κ2) is 9.78. The molecular weight excluding hydrogens is 388 g/mol. The van der Waals surface area contributed by atoms with Crippen LogP contribution in [0.2, 0.25) is 0 Å². The number of aromatic nitrogens is 1. The Morgan fingerprint density at radius 3 is 2.84 bits per heavy atom. The van der Waals surface area contributed by atoms with Gasteiger partial charge in [-0.25, -0.2) is 4.98 Å². The Hall–Kier alpha value is -2.41. The predicted molar refractivity (Wildman–Crippen MR) is 96.7 cm³/mol. The number of benzene rings is 1. The molecule has 0 aliphatic heterocycles. The third kappa shape index (κ3) is 6.19. The van der Waals surface area contributed by atoms with Crippen molar-refractivity contribution in [3.8, 4) is 11.6 Å². The van der Waals surface area contributed by atoms with Gasteiger partial charge >= 0.3 is 5.97 Å². The number of ether oxygens (including phenoxy) is 2. The number of esters is 1. The molecule has 1 N–H and O–H groups in total. The molecule has 1 aromatic carbocycles. The molecule has 0 atom stereocenters. The molecule has 132 valence electrons. The van der Waals surface area contributed by atoms with E-state index in [-0.39, 0.29) is 24.2 Å². The third-order valence-corrected chi connectivity index (χ3v) is 3.67. The number of carbonyl (C=O) groups is 2. The van der Waals surface area contributed by atoms with Crippen LogP contribution in [-0.2, 0) is 9.53 Å². The number of pyridine rings is 1. The van der Waals surface area contributed by atoms with Gasteiger partial charge in [0, 0.05) is 23.6 Å². The number of halogens is 1. The average Bonchev–Trinajstić information content (AvgIpc) is 2.59. The van der Waals surface area contributed by atoms with Crippen LogP contribution in [0.15, 0.2) is 47.1 Å². The summed E-state index contributed by atoms with van der Waals surface area (Å²) in [6, 6.07) is 10.6. The van der Waals surface area contributed by atoms with E-state index in [1.54, 1.807) is 37.4 Å². The van der Waals surface area contributed by atoms with Gasteiger partial charge in [0.2, 0.25) is 5.88 Å². The summed E-state index contributed by atoms with van der Waals surface area (Å²) in [5, 5.41) is 2.76. The van der Waals surface area contributed by atoms with Gasteiger partial charge in [-0.3, -0.25) is 9.59 Å². The fraction of sp³-hybridized carbons (Fsp3) is 0.278. The molecule has 7 heteroatoms. The molecule has 0 aliphatic rings. The largest absolute Gasteiger partial charge is 0.466 e. The fourth-order valence-electron chi connectivity index (χ4n) is 2.05. The first-order valence-electron chi connectivity index (χ1n) is 7.92. The minimum Gasteiger partial charge on any atom is -0.466 e. The molecule has 2 rings (SSSR count). The van der Waals surface area contributed by atoms with Crippen molar-refractivity contribution < 1.29 is 19.1 Å². The number of hydrogen-bond donors (Lipinski definition) is 1. The number of hydrogen-bond acceptors (Lipinski definition) is 5. The molecule has 25 heavy (non-hydrogen) atoms. The van der Waals surface area contributed by atoms with E-state index in [0.717, 1.165) is 4.47 Å². The van der Waals surface area contributed by atoms with Gasteiger partial charge < -0.3 is 14.8 Å². The van der Waals surface area contributed by atoms with Crippen LogP contribution >= 0.6 is 15.9 Å². The molecule has 0 spiro atoms. The van der Waals surface area contributed by atoms with E-state index in [9.17, 15) is 9.59 Å². The quantitative estimate of drug-likeness (QED) is 0.533. The Morgan fingerprint density at radius 1 is 1.24 bits per heavy atom.